The molecule has 0 bridgehead atoms. The van der Waals surface area contributed by atoms with Crippen LogP contribution in [-0.2, 0) is 0 Å². The number of aryl methyl sites for hydroxylation is 2. The van der Waals surface area contributed by atoms with Crippen molar-refractivity contribution in [1.82, 2.24) is 5.32 Å². The molecule has 1 aliphatic carbocycles. The zero-order valence-corrected chi connectivity index (χ0v) is 12.4. The van der Waals surface area contributed by atoms with Crippen LogP contribution >= 0.6 is 0 Å². The number of aliphatic hydroxyl groups excluding tert-OH is 2. The maximum absolute atomic E-state index is 9.96. The van der Waals surface area contributed by atoms with E-state index < -0.39 is 6.10 Å². The van der Waals surface area contributed by atoms with Gasteiger partial charge in [-0.25, -0.2) is 0 Å². The fourth-order valence-corrected chi connectivity index (χ4v) is 2.60. The Labute approximate surface area is 120 Å². The average Bonchev–Trinajstić information content (AvgIpc) is 2.34. The van der Waals surface area contributed by atoms with E-state index in [-0.39, 0.29) is 18.8 Å². The van der Waals surface area contributed by atoms with Gasteiger partial charge in [0.15, 0.2) is 0 Å². The van der Waals surface area contributed by atoms with Crippen LogP contribution in [0.2, 0.25) is 0 Å². The van der Waals surface area contributed by atoms with Crippen molar-refractivity contribution in [3.63, 3.8) is 0 Å². The third kappa shape index (κ3) is 3.95. The van der Waals surface area contributed by atoms with Crippen molar-refractivity contribution < 1.29 is 14.9 Å². The summed E-state index contributed by atoms with van der Waals surface area (Å²) in [5, 5.41) is 22.6. The number of rotatable bonds is 7. The second kappa shape index (κ2) is 6.57. The Hall–Kier alpha value is -1.10. The summed E-state index contributed by atoms with van der Waals surface area (Å²) in [7, 11) is 0. The van der Waals surface area contributed by atoms with Crippen LogP contribution in [0.25, 0.3) is 0 Å². The Bertz CT molecular complexity index is 418. The summed E-state index contributed by atoms with van der Waals surface area (Å²) in [6.45, 7) is 4.90. The zero-order chi connectivity index (χ0) is 14.6. The lowest BCUT2D eigenvalue weighted by Gasteiger charge is -2.41. The quantitative estimate of drug-likeness (QED) is 0.708. The maximum Gasteiger partial charge on any atom is 0.119 e. The lowest BCUT2D eigenvalue weighted by molar-refractivity contribution is 0.0539. The van der Waals surface area contributed by atoms with Gasteiger partial charge < -0.3 is 20.3 Å². The van der Waals surface area contributed by atoms with Crippen LogP contribution in [0.3, 0.4) is 0 Å². The molecule has 20 heavy (non-hydrogen) atoms. The molecule has 0 radical (unpaired) electrons. The van der Waals surface area contributed by atoms with Crippen molar-refractivity contribution in [3.05, 3.63) is 29.3 Å². The number of aliphatic hydroxyl groups is 2. The molecule has 0 heterocycles. The van der Waals surface area contributed by atoms with Crippen LogP contribution in [0.4, 0.5) is 0 Å². The first-order valence-corrected chi connectivity index (χ1v) is 7.28. The van der Waals surface area contributed by atoms with Crippen molar-refractivity contribution in [3.8, 4) is 5.75 Å². The molecular weight excluding hydrogens is 254 g/mol. The van der Waals surface area contributed by atoms with Gasteiger partial charge >= 0.3 is 0 Å². The van der Waals surface area contributed by atoms with Gasteiger partial charge in [0.25, 0.3) is 0 Å². The highest BCUT2D eigenvalue weighted by Gasteiger charge is 2.35. The lowest BCUT2D eigenvalue weighted by atomic mass is 9.77. The summed E-state index contributed by atoms with van der Waals surface area (Å²) in [6, 6.07) is 6.02. The number of hydrogen-bond donors (Lipinski definition) is 3. The molecule has 1 unspecified atom stereocenters. The Kier molecular flexibility index (Phi) is 5.02. The van der Waals surface area contributed by atoms with Crippen LogP contribution in [0.5, 0.6) is 5.75 Å². The number of hydrogen-bond acceptors (Lipinski definition) is 4. The van der Waals surface area contributed by atoms with E-state index in [2.05, 4.69) is 11.4 Å². The largest absolute Gasteiger partial charge is 0.491 e. The Morgan fingerprint density at radius 1 is 1.25 bits per heavy atom. The minimum atomic E-state index is -0.570. The van der Waals surface area contributed by atoms with E-state index in [1.54, 1.807) is 0 Å². The van der Waals surface area contributed by atoms with Crippen LogP contribution in [0.15, 0.2) is 18.2 Å². The van der Waals surface area contributed by atoms with E-state index in [1.807, 2.05) is 26.0 Å². The molecule has 0 saturated heterocycles. The van der Waals surface area contributed by atoms with Crippen molar-refractivity contribution in [1.29, 1.82) is 0 Å². The summed E-state index contributed by atoms with van der Waals surface area (Å²) < 4.78 is 5.63. The molecule has 2 rings (SSSR count). The van der Waals surface area contributed by atoms with Crippen molar-refractivity contribution in [2.24, 2.45) is 0 Å². The average molecular weight is 279 g/mol. The second-order valence-electron chi connectivity index (χ2n) is 5.96. The van der Waals surface area contributed by atoms with Crippen molar-refractivity contribution >= 4 is 0 Å². The Morgan fingerprint density at radius 2 is 1.90 bits per heavy atom. The second-order valence-corrected chi connectivity index (χ2v) is 5.96. The Balaban J connectivity index is 1.75. The zero-order valence-electron chi connectivity index (χ0n) is 12.4. The topological polar surface area (TPSA) is 61.7 Å². The fourth-order valence-electron chi connectivity index (χ4n) is 2.60. The third-order valence-electron chi connectivity index (χ3n) is 3.96. The normalized spacial score (nSPS) is 18.4. The van der Waals surface area contributed by atoms with E-state index in [1.165, 1.54) is 0 Å². The van der Waals surface area contributed by atoms with Crippen molar-refractivity contribution in [2.45, 2.75) is 44.8 Å². The van der Waals surface area contributed by atoms with Gasteiger partial charge in [-0.1, -0.05) is 6.07 Å². The number of β-amino-alcohol motifs (C(OH)–C–C–N with tert-alkyl or cyclic N) is 1. The predicted molar refractivity (Wildman–Crippen MR) is 79.1 cm³/mol. The molecule has 0 aliphatic heterocycles. The molecule has 1 aromatic rings. The monoisotopic (exact) mass is 279 g/mol. The van der Waals surface area contributed by atoms with Crippen LogP contribution in [0.1, 0.15) is 30.4 Å². The van der Waals surface area contributed by atoms with Gasteiger partial charge in [0.2, 0.25) is 0 Å². The molecule has 4 heteroatoms. The van der Waals surface area contributed by atoms with E-state index >= 15 is 0 Å². The van der Waals surface area contributed by atoms with Crippen molar-refractivity contribution in [2.75, 3.05) is 19.8 Å². The molecule has 1 aliphatic rings. The van der Waals surface area contributed by atoms with Gasteiger partial charge in [-0.05, 0) is 56.4 Å². The minimum absolute atomic E-state index is 0.137. The molecule has 4 nitrogen and oxygen atoms in total. The van der Waals surface area contributed by atoms with Gasteiger partial charge in [0.05, 0.1) is 6.61 Å². The van der Waals surface area contributed by atoms with E-state index in [0.717, 1.165) is 36.1 Å². The van der Waals surface area contributed by atoms with Crippen LogP contribution < -0.4 is 10.1 Å². The molecule has 1 saturated carbocycles. The van der Waals surface area contributed by atoms with Crippen LogP contribution in [-0.4, -0.2) is 41.6 Å². The van der Waals surface area contributed by atoms with Gasteiger partial charge in [-0.3, -0.25) is 0 Å². The lowest BCUT2D eigenvalue weighted by Crippen LogP contribution is -2.56. The highest BCUT2D eigenvalue weighted by Crippen LogP contribution is 2.30. The standard InChI is InChI=1S/C16H25NO3/c1-12-6-13(2)8-15(7-12)20-10-14(19)9-17-16(11-18)4-3-5-16/h6-8,14,17-19H,3-5,9-11H2,1-2H3. The van der Waals surface area contributed by atoms with Crippen LogP contribution in [0, 0.1) is 13.8 Å². The molecule has 1 fully saturated rings. The smallest absolute Gasteiger partial charge is 0.119 e. The first-order valence-electron chi connectivity index (χ1n) is 7.28. The molecule has 112 valence electrons. The SMILES string of the molecule is Cc1cc(C)cc(OCC(O)CNC2(CO)CCC2)c1. The highest BCUT2D eigenvalue weighted by molar-refractivity contribution is 5.32. The summed E-state index contributed by atoms with van der Waals surface area (Å²) >= 11 is 0. The molecule has 3 N–H and O–H groups in total. The number of ether oxygens (including phenoxy) is 1. The molecule has 1 aromatic carbocycles. The Morgan fingerprint density at radius 3 is 2.40 bits per heavy atom. The van der Waals surface area contributed by atoms with E-state index in [0.29, 0.717) is 6.54 Å². The van der Waals surface area contributed by atoms with Gasteiger partial charge in [0.1, 0.15) is 18.5 Å². The molecule has 0 amide bonds. The summed E-state index contributed by atoms with van der Waals surface area (Å²) in [4.78, 5) is 0. The first-order chi connectivity index (χ1) is 9.53. The van der Waals surface area contributed by atoms with E-state index in [9.17, 15) is 10.2 Å². The predicted octanol–water partition coefficient (Wildman–Crippen LogP) is 1.55. The third-order valence-corrected chi connectivity index (χ3v) is 3.96. The molecule has 0 aromatic heterocycles. The maximum atomic E-state index is 9.96. The molecule has 1 atom stereocenters. The molecular formula is C16H25NO3. The summed E-state index contributed by atoms with van der Waals surface area (Å²) in [6.07, 6.45) is 2.53. The fraction of sp³-hybridized carbons (Fsp3) is 0.625. The minimum Gasteiger partial charge on any atom is -0.491 e. The van der Waals surface area contributed by atoms with Gasteiger partial charge in [-0.15, -0.1) is 0 Å². The van der Waals surface area contributed by atoms with E-state index in [4.69, 9.17) is 4.74 Å². The number of benzene rings is 1. The summed E-state index contributed by atoms with van der Waals surface area (Å²) in [5.74, 6) is 0.794. The molecule has 0 spiro atoms. The van der Waals surface area contributed by atoms with Gasteiger partial charge in [0, 0.05) is 12.1 Å². The summed E-state index contributed by atoms with van der Waals surface area (Å²) in [5.41, 5.74) is 2.14. The first kappa shape index (κ1) is 15.3. The highest BCUT2D eigenvalue weighted by atomic mass is 16.5. The number of nitrogens with one attached hydrogen (secondary N) is 1. The van der Waals surface area contributed by atoms with Gasteiger partial charge in [-0.2, -0.15) is 0 Å².